The highest BCUT2D eigenvalue weighted by Gasteiger charge is 2.27. The van der Waals surface area contributed by atoms with E-state index >= 15 is 0 Å². The average Bonchev–Trinajstić information content (AvgIpc) is 2.38. The Morgan fingerprint density at radius 3 is 2.39 bits per heavy atom. The van der Waals surface area contributed by atoms with Gasteiger partial charge in [-0.2, -0.15) is 0 Å². The molecular formula is C13H17NO3S. The zero-order chi connectivity index (χ0) is 13.2. The lowest BCUT2D eigenvalue weighted by Gasteiger charge is -2.33. The van der Waals surface area contributed by atoms with Crippen LogP contribution in [0.25, 0.3) is 0 Å². The van der Waals surface area contributed by atoms with Crippen LogP contribution < -0.4 is 4.90 Å². The summed E-state index contributed by atoms with van der Waals surface area (Å²) in [5, 5.41) is -0.239. The number of aldehydes is 1. The fraction of sp³-hybridized carbons (Fsp3) is 0.462. The molecule has 98 valence electrons. The number of benzene rings is 1. The summed E-state index contributed by atoms with van der Waals surface area (Å²) in [5.41, 5.74) is 1.56. The van der Waals surface area contributed by atoms with Crippen LogP contribution in [0, 0.1) is 0 Å². The molecule has 18 heavy (non-hydrogen) atoms. The molecule has 1 aromatic rings. The van der Waals surface area contributed by atoms with Gasteiger partial charge >= 0.3 is 0 Å². The van der Waals surface area contributed by atoms with Gasteiger partial charge in [0, 0.05) is 30.6 Å². The normalized spacial score (nSPS) is 17.7. The van der Waals surface area contributed by atoms with Crippen LogP contribution in [0.1, 0.15) is 23.2 Å². The summed E-state index contributed by atoms with van der Waals surface area (Å²) in [6, 6.07) is 7.41. The Bertz CT molecular complexity index is 531. The molecule has 4 nitrogen and oxygen atoms in total. The van der Waals surface area contributed by atoms with E-state index in [1.165, 1.54) is 6.26 Å². The van der Waals surface area contributed by atoms with Crippen molar-refractivity contribution >= 4 is 21.8 Å². The van der Waals surface area contributed by atoms with Gasteiger partial charge in [0.2, 0.25) is 0 Å². The van der Waals surface area contributed by atoms with Gasteiger partial charge in [0.1, 0.15) is 9.84 Å². The molecule has 1 heterocycles. The molecule has 2 rings (SSSR count). The maximum Gasteiger partial charge on any atom is 0.152 e. The summed E-state index contributed by atoms with van der Waals surface area (Å²) in [4.78, 5) is 13.1. The van der Waals surface area contributed by atoms with Gasteiger partial charge in [-0.3, -0.25) is 4.79 Å². The summed E-state index contributed by atoms with van der Waals surface area (Å²) in [6.07, 6.45) is 3.41. The number of carbonyl (C=O) groups is 1. The van der Waals surface area contributed by atoms with Crippen molar-refractivity contribution in [3.8, 4) is 0 Å². The van der Waals surface area contributed by atoms with Gasteiger partial charge in [0.25, 0.3) is 0 Å². The van der Waals surface area contributed by atoms with Gasteiger partial charge < -0.3 is 4.90 Å². The van der Waals surface area contributed by atoms with E-state index in [4.69, 9.17) is 0 Å². The van der Waals surface area contributed by atoms with E-state index in [1.54, 1.807) is 6.07 Å². The second kappa shape index (κ2) is 5.10. The van der Waals surface area contributed by atoms with Crippen LogP contribution in [0.3, 0.4) is 0 Å². The van der Waals surface area contributed by atoms with E-state index in [0.717, 1.165) is 12.0 Å². The number of para-hydroxylation sites is 1. The Hall–Kier alpha value is -1.36. The molecule has 0 atom stereocenters. The highest BCUT2D eigenvalue weighted by molar-refractivity contribution is 7.91. The van der Waals surface area contributed by atoms with Crippen LogP contribution in [0.2, 0.25) is 0 Å². The van der Waals surface area contributed by atoms with Crippen LogP contribution in [0.4, 0.5) is 5.69 Å². The van der Waals surface area contributed by atoms with Gasteiger partial charge in [-0.05, 0) is 25.0 Å². The van der Waals surface area contributed by atoms with Crippen LogP contribution in [0.15, 0.2) is 24.3 Å². The lowest BCUT2D eigenvalue weighted by molar-refractivity contribution is 0.112. The quantitative estimate of drug-likeness (QED) is 0.779. The SMILES string of the molecule is CS(=O)(=O)C1CCN(c2ccccc2C=O)CC1. The van der Waals surface area contributed by atoms with E-state index < -0.39 is 9.84 Å². The Morgan fingerprint density at radius 2 is 1.83 bits per heavy atom. The first kappa shape index (κ1) is 13.1. The van der Waals surface area contributed by atoms with Crippen molar-refractivity contribution in [3.63, 3.8) is 0 Å². The standard InChI is InChI=1S/C13H17NO3S/c1-18(16,17)12-6-8-14(9-7-12)13-5-3-2-4-11(13)10-15/h2-5,10,12H,6-9H2,1H3. The smallest absolute Gasteiger partial charge is 0.152 e. The maximum atomic E-state index is 11.5. The van der Waals surface area contributed by atoms with E-state index in [-0.39, 0.29) is 5.25 Å². The summed E-state index contributed by atoms with van der Waals surface area (Å²) < 4.78 is 23.0. The molecule has 0 saturated carbocycles. The lowest BCUT2D eigenvalue weighted by Crippen LogP contribution is -2.39. The van der Waals surface area contributed by atoms with E-state index in [2.05, 4.69) is 4.90 Å². The summed E-state index contributed by atoms with van der Waals surface area (Å²) >= 11 is 0. The zero-order valence-electron chi connectivity index (χ0n) is 10.4. The predicted molar refractivity (Wildman–Crippen MR) is 71.9 cm³/mol. The third-order valence-corrected chi connectivity index (χ3v) is 5.13. The molecule has 0 unspecified atom stereocenters. The number of carbonyl (C=O) groups excluding carboxylic acids is 1. The Morgan fingerprint density at radius 1 is 1.22 bits per heavy atom. The molecule has 0 bridgehead atoms. The third-order valence-electron chi connectivity index (χ3n) is 3.45. The van der Waals surface area contributed by atoms with Crippen molar-refractivity contribution in [2.45, 2.75) is 18.1 Å². The summed E-state index contributed by atoms with van der Waals surface area (Å²) in [5.74, 6) is 0. The molecule has 0 spiro atoms. The van der Waals surface area contributed by atoms with Crippen LogP contribution in [0.5, 0.6) is 0 Å². The van der Waals surface area contributed by atoms with Gasteiger partial charge in [-0.1, -0.05) is 12.1 Å². The highest BCUT2D eigenvalue weighted by atomic mass is 32.2. The first-order valence-corrected chi connectivity index (χ1v) is 7.96. The Kier molecular flexibility index (Phi) is 3.71. The Labute approximate surface area is 108 Å². The molecule has 1 aromatic carbocycles. The summed E-state index contributed by atoms with van der Waals surface area (Å²) in [6.45, 7) is 1.37. The summed E-state index contributed by atoms with van der Waals surface area (Å²) in [7, 11) is -2.94. The zero-order valence-corrected chi connectivity index (χ0v) is 11.2. The average molecular weight is 267 g/mol. The molecule has 0 aromatic heterocycles. The van der Waals surface area contributed by atoms with Gasteiger partial charge in [0.15, 0.2) is 6.29 Å². The van der Waals surface area contributed by atoms with Gasteiger partial charge in [0.05, 0.1) is 5.25 Å². The van der Waals surface area contributed by atoms with Crippen molar-refractivity contribution < 1.29 is 13.2 Å². The monoisotopic (exact) mass is 267 g/mol. The molecule has 0 N–H and O–H groups in total. The molecule has 1 aliphatic rings. The fourth-order valence-electron chi connectivity index (χ4n) is 2.40. The molecule has 0 aliphatic carbocycles. The number of nitrogens with zero attached hydrogens (tertiary/aromatic N) is 1. The number of hydrogen-bond donors (Lipinski definition) is 0. The molecular weight excluding hydrogens is 250 g/mol. The lowest BCUT2D eigenvalue weighted by atomic mass is 10.1. The Balaban J connectivity index is 2.12. The molecule has 0 radical (unpaired) electrons. The topological polar surface area (TPSA) is 54.5 Å². The minimum Gasteiger partial charge on any atom is -0.371 e. The van der Waals surface area contributed by atoms with Crippen molar-refractivity contribution in [2.75, 3.05) is 24.2 Å². The third kappa shape index (κ3) is 2.72. The molecule has 1 aliphatic heterocycles. The highest BCUT2D eigenvalue weighted by Crippen LogP contribution is 2.25. The maximum absolute atomic E-state index is 11.5. The van der Waals surface area contributed by atoms with E-state index in [9.17, 15) is 13.2 Å². The van der Waals surface area contributed by atoms with Crippen LogP contribution in [-0.4, -0.2) is 39.3 Å². The number of sulfone groups is 1. The van der Waals surface area contributed by atoms with E-state index in [1.807, 2.05) is 18.2 Å². The van der Waals surface area contributed by atoms with Gasteiger partial charge in [-0.15, -0.1) is 0 Å². The van der Waals surface area contributed by atoms with Crippen molar-refractivity contribution in [2.24, 2.45) is 0 Å². The van der Waals surface area contributed by atoms with Crippen molar-refractivity contribution in [1.82, 2.24) is 0 Å². The van der Waals surface area contributed by atoms with Crippen LogP contribution in [-0.2, 0) is 9.84 Å². The minimum atomic E-state index is -2.94. The van der Waals surface area contributed by atoms with E-state index in [0.29, 0.717) is 31.5 Å². The fourth-order valence-corrected chi connectivity index (χ4v) is 3.47. The van der Waals surface area contributed by atoms with Crippen molar-refractivity contribution in [3.05, 3.63) is 29.8 Å². The van der Waals surface area contributed by atoms with Gasteiger partial charge in [-0.25, -0.2) is 8.42 Å². The first-order chi connectivity index (χ1) is 8.52. The van der Waals surface area contributed by atoms with Crippen molar-refractivity contribution in [1.29, 1.82) is 0 Å². The molecule has 0 amide bonds. The number of anilines is 1. The minimum absolute atomic E-state index is 0.239. The number of hydrogen-bond acceptors (Lipinski definition) is 4. The molecule has 5 heteroatoms. The number of rotatable bonds is 3. The molecule has 1 fully saturated rings. The van der Waals surface area contributed by atoms with Crippen LogP contribution >= 0.6 is 0 Å². The second-order valence-electron chi connectivity index (χ2n) is 4.69. The molecule has 1 saturated heterocycles. The second-order valence-corrected chi connectivity index (χ2v) is 7.02. The predicted octanol–water partition coefficient (Wildman–Crippen LogP) is 1.51. The number of piperidine rings is 1. The first-order valence-electron chi connectivity index (χ1n) is 6.00. The largest absolute Gasteiger partial charge is 0.371 e.